The number of esters is 1. The number of methoxy groups -OCH3 is 1. The number of ether oxygens (including phenoxy) is 3. The Morgan fingerprint density at radius 3 is 2.45 bits per heavy atom. The number of nitrogens with one attached hydrogen (secondary N) is 1. The zero-order chi connectivity index (χ0) is 22.4. The highest BCUT2D eigenvalue weighted by atomic mass is 19.4. The van der Waals surface area contributed by atoms with Crippen molar-refractivity contribution >= 4 is 23.6 Å². The molecule has 0 aliphatic carbocycles. The van der Waals surface area contributed by atoms with E-state index in [2.05, 4.69) is 25.0 Å². The molecule has 162 valence electrons. The molecule has 3 N–H and O–H groups in total. The Balaban J connectivity index is 1.65. The van der Waals surface area contributed by atoms with E-state index >= 15 is 0 Å². The molecule has 9 nitrogen and oxygen atoms in total. The monoisotopic (exact) mass is 435 g/mol. The molecule has 0 amide bonds. The van der Waals surface area contributed by atoms with Crippen LogP contribution in [0.25, 0.3) is 0 Å². The van der Waals surface area contributed by atoms with Gasteiger partial charge in [-0.05, 0) is 36.4 Å². The van der Waals surface area contributed by atoms with Gasteiger partial charge in [0.1, 0.15) is 11.5 Å². The third-order valence-corrected chi connectivity index (χ3v) is 3.71. The van der Waals surface area contributed by atoms with E-state index < -0.39 is 18.1 Å². The van der Waals surface area contributed by atoms with Crippen LogP contribution in [0.4, 0.5) is 30.8 Å². The number of benzene rings is 2. The molecule has 1 aromatic heterocycles. The average Bonchev–Trinajstić information content (AvgIpc) is 2.71. The van der Waals surface area contributed by atoms with Crippen LogP contribution in [-0.2, 0) is 11.3 Å². The van der Waals surface area contributed by atoms with Crippen molar-refractivity contribution in [3.05, 3.63) is 59.9 Å². The largest absolute Gasteiger partial charge is 0.573 e. The molecule has 3 aromatic rings. The van der Waals surface area contributed by atoms with Crippen LogP contribution in [0.1, 0.15) is 16.2 Å². The van der Waals surface area contributed by atoms with Crippen LogP contribution < -0.4 is 20.5 Å². The Kier molecular flexibility index (Phi) is 6.38. The molecular weight excluding hydrogens is 419 g/mol. The van der Waals surface area contributed by atoms with Gasteiger partial charge >= 0.3 is 12.3 Å². The lowest BCUT2D eigenvalue weighted by molar-refractivity contribution is -0.274. The lowest BCUT2D eigenvalue weighted by Gasteiger charge is -2.11. The van der Waals surface area contributed by atoms with Crippen molar-refractivity contribution in [2.24, 2.45) is 0 Å². The number of carbonyl (C=O) groups is 1. The molecule has 1 heterocycles. The van der Waals surface area contributed by atoms with E-state index in [0.29, 0.717) is 11.4 Å². The Labute approximate surface area is 174 Å². The molecule has 0 saturated carbocycles. The van der Waals surface area contributed by atoms with Crippen molar-refractivity contribution in [2.45, 2.75) is 13.0 Å². The minimum Gasteiger partial charge on any atom is -0.495 e. The second-order valence-corrected chi connectivity index (χ2v) is 5.91. The van der Waals surface area contributed by atoms with Crippen LogP contribution in [0.3, 0.4) is 0 Å². The van der Waals surface area contributed by atoms with Gasteiger partial charge in [-0.25, -0.2) is 4.79 Å². The van der Waals surface area contributed by atoms with Crippen LogP contribution in [0.15, 0.2) is 48.5 Å². The number of hydrogen-bond acceptors (Lipinski definition) is 9. The molecule has 0 atom stereocenters. The fourth-order valence-corrected chi connectivity index (χ4v) is 2.43. The van der Waals surface area contributed by atoms with Gasteiger partial charge in [0.25, 0.3) is 0 Å². The standard InChI is InChI=1S/C19H16F3N5O4/c1-29-14-5-3-2-4-13(14)24-18-26-15(25-17(23)27-18)10-30-16(28)11-6-8-12(9-7-11)31-19(20,21)22/h2-9H,10H2,1H3,(H3,23,24,25,26,27). The quantitative estimate of drug-likeness (QED) is 0.537. The number of carbonyl (C=O) groups excluding carboxylic acids is 1. The van der Waals surface area contributed by atoms with Crippen LogP contribution in [-0.4, -0.2) is 34.4 Å². The number of nitrogen functional groups attached to an aromatic ring is 1. The Hall–Kier alpha value is -4.09. The van der Waals surface area contributed by atoms with Crippen molar-refractivity contribution in [1.29, 1.82) is 0 Å². The third-order valence-electron chi connectivity index (χ3n) is 3.71. The van der Waals surface area contributed by atoms with Gasteiger partial charge in [0.2, 0.25) is 11.9 Å². The molecule has 0 saturated heterocycles. The smallest absolute Gasteiger partial charge is 0.495 e. The third kappa shape index (κ3) is 6.19. The normalized spacial score (nSPS) is 11.0. The molecule has 0 fully saturated rings. The van der Waals surface area contributed by atoms with Gasteiger partial charge in [-0.1, -0.05) is 12.1 Å². The lowest BCUT2D eigenvalue weighted by atomic mass is 10.2. The van der Waals surface area contributed by atoms with E-state index in [1.165, 1.54) is 7.11 Å². The molecule has 12 heteroatoms. The first-order valence-electron chi connectivity index (χ1n) is 8.67. The minimum atomic E-state index is -4.82. The summed E-state index contributed by atoms with van der Waals surface area (Å²) in [5.74, 6) is -0.635. The Morgan fingerprint density at radius 1 is 1.06 bits per heavy atom. The molecule has 0 unspecified atom stereocenters. The summed E-state index contributed by atoms with van der Waals surface area (Å²) >= 11 is 0. The number of anilines is 3. The van der Waals surface area contributed by atoms with E-state index in [-0.39, 0.29) is 29.9 Å². The van der Waals surface area contributed by atoms with Gasteiger partial charge in [0.05, 0.1) is 18.4 Å². The maximum atomic E-state index is 12.2. The highest BCUT2D eigenvalue weighted by molar-refractivity contribution is 5.89. The fourth-order valence-electron chi connectivity index (χ4n) is 2.43. The number of halogens is 3. The second-order valence-electron chi connectivity index (χ2n) is 5.91. The summed E-state index contributed by atoms with van der Waals surface area (Å²) in [7, 11) is 1.51. The van der Waals surface area contributed by atoms with Crippen molar-refractivity contribution < 1.29 is 32.2 Å². The van der Waals surface area contributed by atoms with Crippen molar-refractivity contribution in [3.8, 4) is 11.5 Å². The van der Waals surface area contributed by atoms with Crippen LogP contribution in [0.2, 0.25) is 0 Å². The van der Waals surface area contributed by atoms with E-state index in [1.807, 2.05) is 0 Å². The highest BCUT2D eigenvalue weighted by Gasteiger charge is 2.31. The maximum Gasteiger partial charge on any atom is 0.573 e. The molecular formula is C19H16F3N5O4. The maximum absolute atomic E-state index is 12.2. The highest BCUT2D eigenvalue weighted by Crippen LogP contribution is 2.26. The molecule has 0 aliphatic rings. The number of aromatic nitrogens is 3. The summed E-state index contributed by atoms with van der Waals surface area (Å²) < 4.78 is 50.7. The number of nitrogens with zero attached hydrogens (tertiary/aromatic N) is 3. The molecule has 0 radical (unpaired) electrons. The molecule has 31 heavy (non-hydrogen) atoms. The predicted molar refractivity (Wildman–Crippen MR) is 103 cm³/mol. The zero-order valence-corrected chi connectivity index (χ0v) is 16.0. The first-order chi connectivity index (χ1) is 14.7. The van der Waals surface area contributed by atoms with Gasteiger partial charge in [-0.3, -0.25) is 0 Å². The lowest BCUT2D eigenvalue weighted by Crippen LogP contribution is -2.17. The minimum absolute atomic E-state index is 0.0175. The summed E-state index contributed by atoms with van der Waals surface area (Å²) in [6.07, 6.45) is -4.82. The Morgan fingerprint density at radius 2 is 1.77 bits per heavy atom. The summed E-state index contributed by atoms with van der Waals surface area (Å²) in [5, 5.41) is 2.94. The SMILES string of the molecule is COc1ccccc1Nc1nc(N)nc(COC(=O)c2ccc(OC(F)(F)F)cc2)n1. The van der Waals surface area contributed by atoms with Crippen molar-refractivity contribution in [3.63, 3.8) is 0 Å². The zero-order valence-electron chi connectivity index (χ0n) is 16.0. The van der Waals surface area contributed by atoms with E-state index in [4.69, 9.17) is 15.2 Å². The number of alkyl halides is 3. The first-order valence-corrected chi connectivity index (χ1v) is 8.67. The molecule has 0 spiro atoms. The van der Waals surface area contributed by atoms with Gasteiger partial charge in [-0.15, -0.1) is 13.2 Å². The summed E-state index contributed by atoms with van der Waals surface area (Å²) in [6, 6.07) is 11.3. The van der Waals surface area contributed by atoms with E-state index in [1.54, 1.807) is 24.3 Å². The van der Waals surface area contributed by atoms with E-state index in [9.17, 15) is 18.0 Å². The van der Waals surface area contributed by atoms with Crippen molar-refractivity contribution in [1.82, 2.24) is 15.0 Å². The summed E-state index contributed by atoms with van der Waals surface area (Å²) in [6.45, 7) is -0.340. The summed E-state index contributed by atoms with van der Waals surface area (Å²) in [5.41, 5.74) is 6.29. The van der Waals surface area contributed by atoms with Gasteiger partial charge in [0, 0.05) is 0 Å². The first kappa shape index (κ1) is 21.6. The Bertz CT molecular complexity index is 1060. The second kappa shape index (κ2) is 9.15. The van der Waals surface area contributed by atoms with Crippen LogP contribution >= 0.6 is 0 Å². The molecule has 3 rings (SSSR count). The van der Waals surface area contributed by atoms with E-state index in [0.717, 1.165) is 24.3 Å². The van der Waals surface area contributed by atoms with Crippen molar-refractivity contribution in [2.75, 3.05) is 18.2 Å². The average molecular weight is 435 g/mol. The van der Waals surface area contributed by atoms with Crippen LogP contribution in [0.5, 0.6) is 11.5 Å². The van der Waals surface area contributed by atoms with Gasteiger partial charge in [0.15, 0.2) is 12.4 Å². The molecule has 2 aromatic carbocycles. The molecule has 0 bridgehead atoms. The molecule has 0 aliphatic heterocycles. The van der Waals surface area contributed by atoms with Gasteiger partial charge in [-0.2, -0.15) is 15.0 Å². The summed E-state index contributed by atoms with van der Waals surface area (Å²) in [4.78, 5) is 24.1. The number of nitrogens with two attached hydrogens (primary N) is 1. The number of para-hydroxylation sites is 2. The number of hydrogen-bond donors (Lipinski definition) is 2. The predicted octanol–water partition coefficient (Wildman–Crippen LogP) is 3.46. The van der Waals surface area contributed by atoms with Gasteiger partial charge < -0.3 is 25.3 Å². The number of rotatable bonds is 7. The fraction of sp³-hybridized carbons (Fsp3) is 0.158. The topological polar surface area (TPSA) is 121 Å². The van der Waals surface area contributed by atoms with Crippen LogP contribution in [0, 0.1) is 0 Å².